The first-order chi connectivity index (χ1) is 13.0. The van der Waals surface area contributed by atoms with Gasteiger partial charge in [0.1, 0.15) is 17.2 Å². The molecule has 0 radical (unpaired) electrons. The van der Waals surface area contributed by atoms with Crippen molar-refractivity contribution in [3.05, 3.63) is 48.5 Å². The second-order valence-corrected chi connectivity index (χ2v) is 5.51. The van der Waals surface area contributed by atoms with E-state index in [1.807, 2.05) is 6.92 Å². The predicted molar refractivity (Wildman–Crippen MR) is 100 cm³/mol. The third kappa shape index (κ3) is 6.22. The molecule has 1 N–H and O–H groups in total. The molecule has 1 atom stereocenters. The number of benzene rings is 2. The van der Waals surface area contributed by atoms with Gasteiger partial charge in [0.05, 0.1) is 19.4 Å². The Hall–Kier alpha value is -3.22. The van der Waals surface area contributed by atoms with Gasteiger partial charge in [0, 0.05) is 0 Å². The van der Waals surface area contributed by atoms with E-state index in [0.717, 1.165) is 0 Å². The van der Waals surface area contributed by atoms with E-state index >= 15 is 0 Å². The Labute approximate surface area is 158 Å². The molecule has 0 spiro atoms. The minimum Gasteiger partial charge on any atom is -0.495 e. The second kappa shape index (κ2) is 10.1. The van der Waals surface area contributed by atoms with E-state index in [4.69, 9.17) is 18.9 Å². The quantitative estimate of drug-likeness (QED) is 0.680. The number of esters is 1. The van der Waals surface area contributed by atoms with Crippen molar-refractivity contribution >= 4 is 17.6 Å². The molecule has 144 valence electrons. The van der Waals surface area contributed by atoms with Crippen LogP contribution in [0.1, 0.15) is 13.8 Å². The van der Waals surface area contributed by atoms with Crippen LogP contribution in [0.4, 0.5) is 5.69 Å². The van der Waals surface area contributed by atoms with E-state index in [9.17, 15) is 9.59 Å². The van der Waals surface area contributed by atoms with Crippen molar-refractivity contribution in [1.29, 1.82) is 0 Å². The fourth-order valence-corrected chi connectivity index (χ4v) is 2.21. The van der Waals surface area contributed by atoms with Crippen LogP contribution in [-0.4, -0.2) is 38.3 Å². The molecule has 27 heavy (non-hydrogen) atoms. The SMILES string of the molecule is CCOc1ccc(OCC(=O)O[C@H](C)C(=O)Nc2ccccc2OC)cc1. The third-order valence-electron chi connectivity index (χ3n) is 3.53. The zero-order chi connectivity index (χ0) is 19.6. The summed E-state index contributed by atoms with van der Waals surface area (Å²) in [6, 6.07) is 13.8. The van der Waals surface area contributed by atoms with E-state index < -0.39 is 18.0 Å². The Balaban J connectivity index is 1.81. The highest BCUT2D eigenvalue weighted by Crippen LogP contribution is 2.23. The number of hydrogen-bond acceptors (Lipinski definition) is 6. The van der Waals surface area contributed by atoms with Crippen molar-refractivity contribution in [3.8, 4) is 17.2 Å². The van der Waals surface area contributed by atoms with Crippen molar-refractivity contribution in [2.45, 2.75) is 20.0 Å². The lowest BCUT2D eigenvalue weighted by molar-refractivity contribution is -0.155. The third-order valence-corrected chi connectivity index (χ3v) is 3.53. The topological polar surface area (TPSA) is 83.1 Å². The fraction of sp³-hybridized carbons (Fsp3) is 0.300. The number of para-hydroxylation sites is 2. The van der Waals surface area contributed by atoms with Crippen LogP contribution in [0.15, 0.2) is 48.5 Å². The second-order valence-electron chi connectivity index (χ2n) is 5.51. The summed E-state index contributed by atoms with van der Waals surface area (Å²) in [5, 5.41) is 2.66. The maximum atomic E-state index is 12.2. The first-order valence-corrected chi connectivity index (χ1v) is 8.52. The molecule has 7 heteroatoms. The summed E-state index contributed by atoms with van der Waals surface area (Å²) in [6.45, 7) is 3.65. The molecule has 0 fully saturated rings. The van der Waals surface area contributed by atoms with Gasteiger partial charge in [-0.3, -0.25) is 4.79 Å². The van der Waals surface area contributed by atoms with E-state index in [0.29, 0.717) is 29.5 Å². The zero-order valence-corrected chi connectivity index (χ0v) is 15.6. The van der Waals surface area contributed by atoms with Crippen molar-refractivity contribution in [2.75, 3.05) is 25.6 Å². The first kappa shape index (κ1) is 20.1. The summed E-state index contributed by atoms with van der Waals surface area (Å²) >= 11 is 0. The van der Waals surface area contributed by atoms with Crippen LogP contribution in [0.2, 0.25) is 0 Å². The Morgan fingerprint density at radius 1 is 1.00 bits per heavy atom. The van der Waals surface area contributed by atoms with Gasteiger partial charge in [0.15, 0.2) is 12.7 Å². The van der Waals surface area contributed by atoms with E-state index in [1.54, 1.807) is 48.5 Å². The Kier molecular flexibility index (Phi) is 7.49. The maximum absolute atomic E-state index is 12.2. The lowest BCUT2D eigenvalue weighted by Gasteiger charge is -2.15. The van der Waals surface area contributed by atoms with Crippen molar-refractivity contribution in [1.82, 2.24) is 0 Å². The smallest absolute Gasteiger partial charge is 0.344 e. The Morgan fingerprint density at radius 3 is 2.26 bits per heavy atom. The van der Waals surface area contributed by atoms with Crippen LogP contribution in [0.3, 0.4) is 0 Å². The maximum Gasteiger partial charge on any atom is 0.344 e. The molecule has 0 bridgehead atoms. The summed E-state index contributed by atoms with van der Waals surface area (Å²) in [5.41, 5.74) is 0.499. The molecule has 0 aliphatic rings. The van der Waals surface area contributed by atoms with Crippen LogP contribution >= 0.6 is 0 Å². The number of hydrogen-bond donors (Lipinski definition) is 1. The lowest BCUT2D eigenvalue weighted by Crippen LogP contribution is -2.31. The molecule has 0 saturated heterocycles. The number of nitrogens with one attached hydrogen (secondary N) is 1. The highest BCUT2D eigenvalue weighted by molar-refractivity contribution is 5.96. The van der Waals surface area contributed by atoms with Gasteiger partial charge in [-0.2, -0.15) is 0 Å². The molecule has 2 aromatic rings. The molecule has 0 unspecified atom stereocenters. The highest BCUT2D eigenvalue weighted by atomic mass is 16.6. The molecule has 0 heterocycles. The molecule has 2 rings (SSSR count). The molecular formula is C20H23NO6. The summed E-state index contributed by atoms with van der Waals surface area (Å²) in [5.74, 6) is 0.624. The number of carbonyl (C=O) groups is 2. The van der Waals surface area contributed by atoms with Crippen molar-refractivity contribution in [3.63, 3.8) is 0 Å². The number of rotatable bonds is 9. The van der Waals surface area contributed by atoms with Crippen molar-refractivity contribution in [2.24, 2.45) is 0 Å². The molecule has 7 nitrogen and oxygen atoms in total. The summed E-state index contributed by atoms with van der Waals surface area (Å²) in [7, 11) is 1.51. The standard InChI is InChI=1S/C20H23NO6/c1-4-25-15-9-11-16(12-10-15)26-13-19(22)27-14(2)20(23)21-17-7-5-6-8-18(17)24-3/h5-12,14H,4,13H2,1-3H3,(H,21,23)/t14-/m1/s1. The zero-order valence-electron chi connectivity index (χ0n) is 15.6. The van der Waals surface area contributed by atoms with Gasteiger partial charge in [-0.1, -0.05) is 12.1 Å². The highest BCUT2D eigenvalue weighted by Gasteiger charge is 2.19. The van der Waals surface area contributed by atoms with Crippen molar-refractivity contribution < 1.29 is 28.5 Å². The first-order valence-electron chi connectivity index (χ1n) is 8.52. The van der Waals surface area contributed by atoms with Gasteiger partial charge < -0.3 is 24.3 Å². The molecule has 0 aromatic heterocycles. The number of carbonyl (C=O) groups excluding carboxylic acids is 2. The average Bonchev–Trinajstić information content (AvgIpc) is 2.68. The molecule has 0 aliphatic carbocycles. The van der Waals surface area contributed by atoms with Crippen LogP contribution in [0.5, 0.6) is 17.2 Å². The lowest BCUT2D eigenvalue weighted by atomic mass is 10.2. The van der Waals surface area contributed by atoms with Crippen LogP contribution in [0.25, 0.3) is 0 Å². The Morgan fingerprint density at radius 2 is 1.63 bits per heavy atom. The van der Waals surface area contributed by atoms with E-state index in [1.165, 1.54) is 14.0 Å². The summed E-state index contributed by atoms with van der Waals surface area (Å²) < 4.78 is 21.0. The number of methoxy groups -OCH3 is 1. The van der Waals surface area contributed by atoms with Crippen LogP contribution in [0, 0.1) is 0 Å². The van der Waals surface area contributed by atoms with Crippen LogP contribution < -0.4 is 19.5 Å². The number of ether oxygens (including phenoxy) is 4. The van der Waals surface area contributed by atoms with Gasteiger partial charge in [-0.05, 0) is 50.2 Å². The van der Waals surface area contributed by atoms with Gasteiger partial charge in [0.2, 0.25) is 0 Å². The van der Waals surface area contributed by atoms with Gasteiger partial charge in [-0.25, -0.2) is 4.79 Å². The van der Waals surface area contributed by atoms with E-state index in [-0.39, 0.29) is 6.61 Å². The minimum atomic E-state index is -0.980. The van der Waals surface area contributed by atoms with E-state index in [2.05, 4.69) is 5.32 Å². The monoisotopic (exact) mass is 373 g/mol. The van der Waals surface area contributed by atoms with Gasteiger partial charge >= 0.3 is 5.97 Å². The minimum absolute atomic E-state index is 0.305. The largest absolute Gasteiger partial charge is 0.495 e. The van der Waals surface area contributed by atoms with Crippen LogP contribution in [-0.2, 0) is 14.3 Å². The van der Waals surface area contributed by atoms with Gasteiger partial charge in [0.25, 0.3) is 5.91 Å². The normalized spacial score (nSPS) is 11.2. The summed E-state index contributed by atoms with van der Waals surface area (Å²) in [6.07, 6.45) is -0.980. The predicted octanol–water partition coefficient (Wildman–Crippen LogP) is 3.04. The molecule has 2 aromatic carbocycles. The molecule has 0 saturated carbocycles. The Bertz CT molecular complexity index is 759. The number of anilines is 1. The molecule has 1 amide bonds. The number of amides is 1. The molecule has 0 aliphatic heterocycles. The summed E-state index contributed by atoms with van der Waals surface area (Å²) in [4.78, 5) is 24.1. The fourth-order valence-electron chi connectivity index (χ4n) is 2.21. The molecular weight excluding hydrogens is 350 g/mol. The average molecular weight is 373 g/mol. The van der Waals surface area contributed by atoms with Gasteiger partial charge in [-0.15, -0.1) is 0 Å².